The molecule has 2 aromatic rings. The molecular weight excluding hydrogens is 300 g/mol. The average Bonchev–Trinajstić information content (AvgIpc) is 2.49. The van der Waals surface area contributed by atoms with Crippen LogP contribution in [0.2, 0.25) is 5.02 Å². The first kappa shape index (κ1) is 14.9. The highest BCUT2D eigenvalue weighted by Gasteiger charge is 2.17. The first-order chi connectivity index (χ1) is 10.5. The maximum atomic E-state index is 12.4. The second-order valence-electron chi connectivity index (χ2n) is 5.66. The molecule has 0 fully saturated rings. The highest BCUT2D eigenvalue weighted by atomic mass is 35.5. The number of hydrogen-bond donors (Lipinski definition) is 2. The number of carbonyl (C=O) groups is 1. The lowest BCUT2D eigenvalue weighted by molar-refractivity contribution is 0.102. The van der Waals surface area contributed by atoms with E-state index in [9.17, 15) is 9.59 Å². The SMILES string of the molecule is Cc1ccc(NC(=O)c2cc3c([nH]c2=O)CCCC3)c(Cl)c1. The van der Waals surface area contributed by atoms with Gasteiger partial charge in [0.2, 0.25) is 0 Å². The van der Waals surface area contributed by atoms with Crippen molar-refractivity contribution in [2.24, 2.45) is 0 Å². The molecule has 0 bridgehead atoms. The quantitative estimate of drug-likeness (QED) is 0.891. The molecule has 5 heteroatoms. The Morgan fingerprint density at radius 1 is 1.23 bits per heavy atom. The van der Waals surface area contributed by atoms with Gasteiger partial charge in [0.05, 0.1) is 10.7 Å². The Balaban J connectivity index is 1.90. The van der Waals surface area contributed by atoms with Crippen LogP contribution in [0.3, 0.4) is 0 Å². The average molecular weight is 317 g/mol. The van der Waals surface area contributed by atoms with Crippen LogP contribution >= 0.6 is 11.6 Å². The Morgan fingerprint density at radius 3 is 2.77 bits per heavy atom. The normalized spacial score (nSPS) is 13.5. The summed E-state index contributed by atoms with van der Waals surface area (Å²) in [6.45, 7) is 1.92. The number of benzene rings is 1. The number of hydrogen-bond acceptors (Lipinski definition) is 2. The number of anilines is 1. The largest absolute Gasteiger partial charge is 0.325 e. The maximum Gasteiger partial charge on any atom is 0.261 e. The topological polar surface area (TPSA) is 62.0 Å². The number of nitrogens with one attached hydrogen (secondary N) is 2. The summed E-state index contributed by atoms with van der Waals surface area (Å²) in [5, 5.41) is 3.17. The molecule has 1 amide bonds. The number of fused-ring (bicyclic) bond motifs is 1. The van der Waals surface area contributed by atoms with Crippen LogP contribution in [-0.4, -0.2) is 10.9 Å². The minimum atomic E-state index is -0.430. The van der Waals surface area contributed by atoms with Gasteiger partial charge in [0.15, 0.2) is 0 Å². The molecule has 0 radical (unpaired) electrons. The third-order valence-electron chi connectivity index (χ3n) is 3.96. The minimum absolute atomic E-state index is 0.136. The third-order valence-corrected chi connectivity index (χ3v) is 4.27. The van der Waals surface area contributed by atoms with E-state index in [4.69, 9.17) is 11.6 Å². The van der Waals surface area contributed by atoms with Crippen molar-refractivity contribution in [1.82, 2.24) is 4.98 Å². The van der Waals surface area contributed by atoms with Gasteiger partial charge in [0, 0.05) is 5.69 Å². The minimum Gasteiger partial charge on any atom is -0.325 e. The third kappa shape index (κ3) is 2.92. The van der Waals surface area contributed by atoms with Crippen molar-refractivity contribution in [3.8, 4) is 0 Å². The van der Waals surface area contributed by atoms with Gasteiger partial charge in [-0.05, 0) is 61.9 Å². The van der Waals surface area contributed by atoms with Gasteiger partial charge in [-0.2, -0.15) is 0 Å². The van der Waals surface area contributed by atoms with Crippen molar-refractivity contribution in [1.29, 1.82) is 0 Å². The number of carbonyl (C=O) groups excluding carboxylic acids is 1. The zero-order chi connectivity index (χ0) is 15.7. The van der Waals surface area contributed by atoms with Gasteiger partial charge in [-0.3, -0.25) is 9.59 Å². The molecule has 114 valence electrons. The predicted octanol–water partition coefficient (Wildman–Crippen LogP) is 3.47. The molecule has 2 N–H and O–H groups in total. The van der Waals surface area contributed by atoms with Gasteiger partial charge in [0.25, 0.3) is 11.5 Å². The maximum absolute atomic E-state index is 12.4. The van der Waals surface area contributed by atoms with Crippen molar-refractivity contribution in [2.45, 2.75) is 32.6 Å². The standard InChI is InChI=1S/C17H17ClN2O2/c1-10-6-7-15(13(18)8-10)20-17(22)12-9-11-4-2-3-5-14(11)19-16(12)21/h6-9H,2-5H2,1H3,(H,19,21)(H,20,22). The summed E-state index contributed by atoms with van der Waals surface area (Å²) in [7, 11) is 0. The van der Waals surface area contributed by atoms with E-state index in [-0.39, 0.29) is 11.1 Å². The van der Waals surface area contributed by atoms with E-state index in [0.717, 1.165) is 42.5 Å². The summed E-state index contributed by atoms with van der Waals surface area (Å²) >= 11 is 6.12. The summed E-state index contributed by atoms with van der Waals surface area (Å²) < 4.78 is 0. The molecule has 1 aliphatic rings. The lowest BCUT2D eigenvalue weighted by atomic mass is 9.95. The first-order valence-corrected chi connectivity index (χ1v) is 7.75. The number of H-pyrrole nitrogens is 1. The molecule has 3 rings (SSSR count). The van der Waals surface area contributed by atoms with Gasteiger partial charge in [-0.15, -0.1) is 0 Å². The summed E-state index contributed by atoms with van der Waals surface area (Å²) in [4.78, 5) is 27.3. The van der Waals surface area contributed by atoms with Crippen LogP contribution in [0.5, 0.6) is 0 Å². The summed E-state index contributed by atoms with van der Waals surface area (Å²) in [6.07, 6.45) is 3.94. The van der Waals surface area contributed by atoms with E-state index in [2.05, 4.69) is 10.3 Å². The van der Waals surface area contributed by atoms with E-state index in [1.54, 1.807) is 18.2 Å². The van der Waals surface area contributed by atoms with Crippen molar-refractivity contribution in [3.63, 3.8) is 0 Å². The summed E-state index contributed by atoms with van der Waals surface area (Å²) in [5.74, 6) is -0.430. The molecule has 1 aromatic carbocycles. The van der Waals surface area contributed by atoms with Crippen LogP contribution in [0.25, 0.3) is 0 Å². The van der Waals surface area contributed by atoms with E-state index in [1.807, 2.05) is 13.0 Å². The monoisotopic (exact) mass is 316 g/mol. The van der Waals surface area contributed by atoms with Gasteiger partial charge in [-0.25, -0.2) is 0 Å². The van der Waals surface area contributed by atoms with Gasteiger partial charge >= 0.3 is 0 Å². The molecule has 1 aliphatic carbocycles. The van der Waals surface area contributed by atoms with E-state index in [1.165, 1.54) is 0 Å². The smallest absolute Gasteiger partial charge is 0.261 e. The lowest BCUT2D eigenvalue weighted by Crippen LogP contribution is -2.26. The molecule has 1 heterocycles. The molecule has 0 spiro atoms. The lowest BCUT2D eigenvalue weighted by Gasteiger charge is -2.16. The van der Waals surface area contributed by atoms with Crippen LogP contribution in [0.15, 0.2) is 29.1 Å². The van der Waals surface area contributed by atoms with Gasteiger partial charge in [0.1, 0.15) is 5.56 Å². The van der Waals surface area contributed by atoms with E-state index < -0.39 is 5.91 Å². The Morgan fingerprint density at radius 2 is 2.00 bits per heavy atom. The molecule has 0 saturated heterocycles. The first-order valence-electron chi connectivity index (χ1n) is 7.37. The second-order valence-corrected chi connectivity index (χ2v) is 6.07. The molecule has 0 atom stereocenters. The highest BCUT2D eigenvalue weighted by molar-refractivity contribution is 6.34. The number of aromatic nitrogens is 1. The van der Waals surface area contributed by atoms with Crippen molar-refractivity contribution in [2.75, 3.05) is 5.32 Å². The zero-order valence-corrected chi connectivity index (χ0v) is 13.1. The fraction of sp³-hybridized carbons (Fsp3) is 0.294. The molecule has 0 unspecified atom stereocenters. The van der Waals surface area contributed by atoms with Crippen molar-refractivity contribution >= 4 is 23.2 Å². The Labute approximate surface area is 133 Å². The fourth-order valence-corrected chi connectivity index (χ4v) is 3.04. The number of aryl methyl sites for hydroxylation is 3. The van der Waals surface area contributed by atoms with E-state index in [0.29, 0.717) is 10.7 Å². The number of rotatable bonds is 2. The van der Waals surface area contributed by atoms with Crippen molar-refractivity contribution < 1.29 is 4.79 Å². The van der Waals surface area contributed by atoms with Crippen LogP contribution in [-0.2, 0) is 12.8 Å². The Hall–Kier alpha value is -2.07. The van der Waals surface area contributed by atoms with Crippen molar-refractivity contribution in [3.05, 3.63) is 62.0 Å². The van der Waals surface area contributed by atoms with Crippen LogP contribution in [0.1, 0.15) is 40.0 Å². The highest BCUT2D eigenvalue weighted by Crippen LogP contribution is 2.23. The summed E-state index contributed by atoms with van der Waals surface area (Å²) in [6, 6.07) is 7.08. The van der Waals surface area contributed by atoms with Crippen LogP contribution in [0.4, 0.5) is 5.69 Å². The molecule has 0 saturated carbocycles. The second kappa shape index (κ2) is 5.97. The zero-order valence-electron chi connectivity index (χ0n) is 12.3. The van der Waals surface area contributed by atoms with E-state index >= 15 is 0 Å². The molecule has 0 aliphatic heterocycles. The number of halogens is 1. The summed E-state index contributed by atoms with van der Waals surface area (Å²) in [5.41, 5.74) is 3.33. The molecule has 1 aromatic heterocycles. The number of pyridine rings is 1. The number of aromatic amines is 1. The van der Waals surface area contributed by atoms with Crippen LogP contribution in [0, 0.1) is 6.92 Å². The van der Waals surface area contributed by atoms with Gasteiger partial charge < -0.3 is 10.3 Å². The number of amides is 1. The molecular formula is C17H17ClN2O2. The predicted molar refractivity (Wildman–Crippen MR) is 87.8 cm³/mol. The molecule has 4 nitrogen and oxygen atoms in total. The Kier molecular flexibility index (Phi) is 4.03. The van der Waals surface area contributed by atoms with Gasteiger partial charge in [-0.1, -0.05) is 17.7 Å². The van der Waals surface area contributed by atoms with Crippen LogP contribution < -0.4 is 10.9 Å². The molecule has 22 heavy (non-hydrogen) atoms. The Bertz CT molecular complexity index is 796. The fourth-order valence-electron chi connectivity index (χ4n) is 2.75.